The lowest BCUT2D eigenvalue weighted by atomic mass is 10.2. The van der Waals surface area contributed by atoms with Crippen LogP contribution in [-0.2, 0) is 4.79 Å². The lowest BCUT2D eigenvalue weighted by Gasteiger charge is -2.03. The Morgan fingerprint density at radius 1 is 1.25 bits per heavy atom. The Morgan fingerprint density at radius 2 is 1.94 bits per heavy atom. The molecule has 0 saturated heterocycles. The Hall–Kier alpha value is -1.49. The maximum atomic E-state index is 12.8. The number of benzene rings is 1. The van der Waals surface area contributed by atoms with Crippen molar-refractivity contribution in [3.8, 4) is 0 Å². The van der Waals surface area contributed by atoms with Crippen molar-refractivity contribution in [1.29, 1.82) is 0 Å². The van der Waals surface area contributed by atoms with Crippen LogP contribution in [0.25, 0.3) is 0 Å². The van der Waals surface area contributed by atoms with Gasteiger partial charge in [-0.15, -0.1) is 0 Å². The molecule has 0 aliphatic carbocycles. The van der Waals surface area contributed by atoms with Crippen LogP contribution in [0.1, 0.15) is 16.8 Å². The van der Waals surface area contributed by atoms with Gasteiger partial charge in [0.2, 0.25) is 5.24 Å². The van der Waals surface area contributed by atoms with Crippen LogP contribution in [0.4, 0.5) is 8.78 Å². The normalized spacial score (nSPS) is 9.94. The van der Waals surface area contributed by atoms with E-state index in [9.17, 15) is 18.4 Å². The summed E-state index contributed by atoms with van der Waals surface area (Å²) in [7, 11) is 0. The summed E-state index contributed by atoms with van der Waals surface area (Å²) >= 11 is 5.05. The van der Waals surface area contributed by atoms with E-state index in [-0.39, 0.29) is 18.5 Å². The van der Waals surface area contributed by atoms with Gasteiger partial charge < -0.3 is 5.32 Å². The average molecular weight is 248 g/mol. The van der Waals surface area contributed by atoms with Gasteiger partial charge in [-0.1, -0.05) is 0 Å². The third-order valence-corrected chi connectivity index (χ3v) is 1.98. The number of amides is 1. The van der Waals surface area contributed by atoms with Crippen molar-refractivity contribution in [3.05, 3.63) is 35.4 Å². The minimum atomic E-state index is -1.10. The molecule has 1 aromatic carbocycles. The third kappa shape index (κ3) is 3.58. The molecule has 16 heavy (non-hydrogen) atoms. The minimum Gasteiger partial charge on any atom is -0.352 e. The lowest BCUT2D eigenvalue weighted by Crippen LogP contribution is -2.25. The van der Waals surface area contributed by atoms with Gasteiger partial charge in [0.05, 0.1) is 0 Å². The van der Waals surface area contributed by atoms with Crippen LogP contribution in [0, 0.1) is 11.6 Å². The van der Waals surface area contributed by atoms with E-state index in [0.717, 1.165) is 18.2 Å². The van der Waals surface area contributed by atoms with Gasteiger partial charge in [0.25, 0.3) is 5.91 Å². The SMILES string of the molecule is O=C(Cl)CCNC(=O)c1ccc(F)c(F)c1. The van der Waals surface area contributed by atoms with E-state index < -0.39 is 22.8 Å². The molecule has 0 unspecified atom stereocenters. The van der Waals surface area contributed by atoms with Gasteiger partial charge in [-0.2, -0.15) is 0 Å². The summed E-state index contributed by atoms with van der Waals surface area (Å²) in [5.74, 6) is -2.70. The third-order valence-electron chi connectivity index (χ3n) is 1.79. The van der Waals surface area contributed by atoms with E-state index in [1.54, 1.807) is 0 Å². The summed E-state index contributed by atoms with van der Waals surface area (Å²) < 4.78 is 25.3. The smallest absolute Gasteiger partial charge is 0.251 e. The molecule has 1 amide bonds. The monoisotopic (exact) mass is 247 g/mol. The molecule has 1 aromatic rings. The summed E-state index contributed by atoms with van der Waals surface area (Å²) in [4.78, 5) is 21.7. The molecule has 1 rings (SSSR count). The Bertz CT molecular complexity index is 423. The van der Waals surface area contributed by atoms with Crippen LogP contribution in [0.15, 0.2) is 18.2 Å². The van der Waals surface area contributed by atoms with Crippen molar-refractivity contribution in [3.63, 3.8) is 0 Å². The van der Waals surface area contributed by atoms with Crippen LogP contribution in [0.3, 0.4) is 0 Å². The van der Waals surface area contributed by atoms with Gasteiger partial charge in [-0.3, -0.25) is 9.59 Å². The Morgan fingerprint density at radius 3 is 2.50 bits per heavy atom. The highest BCUT2D eigenvalue weighted by Crippen LogP contribution is 2.08. The highest BCUT2D eigenvalue weighted by Gasteiger charge is 2.09. The van der Waals surface area contributed by atoms with Crippen molar-refractivity contribution in [1.82, 2.24) is 5.32 Å². The molecule has 0 aliphatic heterocycles. The first-order valence-electron chi connectivity index (χ1n) is 4.42. The second kappa shape index (κ2) is 5.55. The summed E-state index contributed by atoms with van der Waals surface area (Å²) in [6.45, 7) is 0.0557. The van der Waals surface area contributed by atoms with Gasteiger partial charge >= 0.3 is 0 Å². The zero-order valence-corrected chi connectivity index (χ0v) is 8.85. The second-order valence-corrected chi connectivity index (χ2v) is 3.41. The van der Waals surface area contributed by atoms with Crippen LogP contribution < -0.4 is 5.32 Å². The Labute approximate surface area is 95.4 Å². The molecule has 0 fully saturated rings. The molecule has 0 spiro atoms. The van der Waals surface area contributed by atoms with E-state index in [4.69, 9.17) is 11.6 Å². The molecule has 0 aliphatic rings. The van der Waals surface area contributed by atoms with Crippen molar-refractivity contribution in [2.45, 2.75) is 6.42 Å². The zero-order valence-electron chi connectivity index (χ0n) is 8.10. The zero-order chi connectivity index (χ0) is 12.1. The number of carbonyl (C=O) groups excluding carboxylic acids is 2. The Balaban J connectivity index is 2.59. The number of nitrogens with one attached hydrogen (secondary N) is 1. The fraction of sp³-hybridized carbons (Fsp3) is 0.200. The van der Waals surface area contributed by atoms with E-state index >= 15 is 0 Å². The first kappa shape index (κ1) is 12.6. The van der Waals surface area contributed by atoms with Crippen molar-refractivity contribution in [2.75, 3.05) is 6.54 Å². The highest BCUT2D eigenvalue weighted by atomic mass is 35.5. The van der Waals surface area contributed by atoms with Crippen LogP contribution in [-0.4, -0.2) is 17.7 Å². The van der Waals surface area contributed by atoms with Crippen LogP contribution >= 0.6 is 11.6 Å². The molecule has 3 nitrogen and oxygen atoms in total. The van der Waals surface area contributed by atoms with Crippen LogP contribution in [0.5, 0.6) is 0 Å². The van der Waals surface area contributed by atoms with Crippen molar-refractivity contribution >= 4 is 22.8 Å². The fourth-order valence-electron chi connectivity index (χ4n) is 1.01. The highest BCUT2D eigenvalue weighted by molar-refractivity contribution is 6.63. The lowest BCUT2D eigenvalue weighted by molar-refractivity contribution is -0.111. The number of carbonyl (C=O) groups is 2. The molecule has 0 atom stereocenters. The first-order chi connectivity index (χ1) is 7.50. The standard InChI is InChI=1S/C10H8ClF2NO2/c11-9(15)3-4-14-10(16)6-1-2-7(12)8(13)5-6/h1-2,5H,3-4H2,(H,14,16). The fourth-order valence-corrected chi connectivity index (χ4v) is 1.11. The molecule has 0 saturated carbocycles. The quantitative estimate of drug-likeness (QED) is 0.826. The largest absolute Gasteiger partial charge is 0.352 e. The average Bonchev–Trinajstić information content (AvgIpc) is 2.21. The number of halogens is 3. The van der Waals surface area contributed by atoms with Gasteiger partial charge in [0, 0.05) is 18.5 Å². The maximum absolute atomic E-state index is 12.8. The van der Waals surface area contributed by atoms with E-state index in [1.165, 1.54) is 0 Å². The second-order valence-electron chi connectivity index (χ2n) is 2.99. The summed E-state index contributed by atoms with van der Waals surface area (Å²) in [5, 5.41) is 1.77. The molecular weight excluding hydrogens is 240 g/mol. The first-order valence-corrected chi connectivity index (χ1v) is 4.80. The van der Waals surface area contributed by atoms with Crippen molar-refractivity contribution < 1.29 is 18.4 Å². The molecule has 1 N–H and O–H groups in total. The summed E-state index contributed by atoms with van der Waals surface area (Å²) in [6, 6.07) is 2.79. The molecule has 0 heterocycles. The number of hydrogen-bond donors (Lipinski definition) is 1. The number of rotatable bonds is 4. The van der Waals surface area contributed by atoms with E-state index in [0.29, 0.717) is 0 Å². The maximum Gasteiger partial charge on any atom is 0.251 e. The minimum absolute atomic E-state index is 0.0130. The topological polar surface area (TPSA) is 46.2 Å². The number of hydrogen-bond acceptors (Lipinski definition) is 2. The molecular formula is C10H8ClF2NO2. The van der Waals surface area contributed by atoms with Gasteiger partial charge in [0.1, 0.15) is 0 Å². The van der Waals surface area contributed by atoms with Crippen molar-refractivity contribution in [2.24, 2.45) is 0 Å². The van der Waals surface area contributed by atoms with E-state index in [1.807, 2.05) is 0 Å². The summed E-state index contributed by atoms with van der Waals surface area (Å²) in [6.07, 6.45) is -0.0169. The molecule has 0 radical (unpaired) electrons. The molecule has 0 aromatic heterocycles. The molecule has 0 bridgehead atoms. The molecule has 86 valence electrons. The summed E-state index contributed by atoms with van der Waals surface area (Å²) in [5.41, 5.74) is -0.0130. The van der Waals surface area contributed by atoms with Crippen LogP contribution in [0.2, 0.25) is 0 Å². The van der Waals surface area contributed by atoms with Gasteiger partial charge in [-0.05, 0) is 29.8 Å². The van der Waals surface area contributed by atoms with Gasteiger partial charge in [-0.25, -0.2) is 8.78 Å². The van der Waals surface area contributed by atoms with E-state index in [2.05, 4.69) is 5.32 Å². The van der Waals surface area contributed by atoms with Gasteiger partial charge in [0.15, 0.2) is 11.6 Å². The Kier molecular flexibility index (Phi) is 4.37. The molecule has 6 heteroatoms. The predicted octanol–water partition coefficient (Wildman–Crippen LogP) is 1.85. The predicted molar refractivity (Wildman–Crippen MR) is 54.2 cm³/mol.